The molecule has 2 unspecified atom stereocenters. The van der Waals surface area contributed by atoms with E-state index in [0.29, 0.717) is 0 Å². The summed E-state index contributed by atoms with van der Waals surface area (Å²) in [5.41, 5.74) is 0. The van der Waals surface area contributed by atoms with Crippen LogP contribution in [0.25, 0.3) is 0 Å². The second-order valence-corrected chi connectivity index (χ2v) is 10.3. The fourth-order valence-electron chi connectivity index (χ4n) is 0.107. The third kappa shape index (κ3) is 110. The highest BCUT2D eigenvalue weighted by Crippen LogP contribution is 2.35. The molecule has 0 aromatic carbocycles. The lowest BCUT2D eigenvalue weighted by molar-refractivity contribution is -0.140. The monoisotopic (exact) mass is 406 g/mol. The van der Waals surface area contributed by atoms with Gasteiger partial charge in [0, 0.05) is 33.8 Å². The van der Waals surface area contributed by atoms with E-state index in [1.165, 1.54) is 20.4 Å². The summed E-state index contributed by atoms with van der Waals surface area (Å²) in [5, 5.41) is 22.9. The molecule has 0 aliphatic rings. The van der Waals surface area contributed by atoms with Gasteiger partial charge in [-0.25, -0.2) is 4.79 Å². The minimum Gasteiger partial charge on any atom is -0.480 e. The number of carboxylic acids is 1. The van der Waals surface area contributed by atoms with Crippen LogP contribution in [0.4, 0.5) is 0 Å². The van der Waals surface area contributed by atoms with Crippen molar-refractivity contribution < 1.29 is 57.5 Å². The molecule has 23 heavy (non-hydrogen) atoms. The molecule has 6 N–H and O–H groups in total. The fraction of sp³-hybridized carbons (Fsp3) is 0.875. The van der Waals surface area contributed by atoms with Crippen molar-refractivity contribution in [1.29, 1.82) is 0 Å². The van der Waals surface area contributed by atoms with Crippen LogP contribution >= 0.6 is 22.6 Å². The van der Waals surface area contributed by atoms with Gasteiger partial charge in [-0.1, -0.05) is 0 Å². The van der Waals surface area contributed by atoms with E-state index in [0.717, 1.165) is 13.3 Å². The fourth-order valence-corrected chi connectivity index (χ4v) is 0.321. The van der Waals surface area contributed by atoms with Crippen LogP contribution in [-0.4, -0.2) is 83.1 Å². The molecule has 0 aliphatic heterocycles. The van der Waals surface area contributed by atoms with Gasteiger partial charge in [-0.05, 0) is 0 Å². The van der Waals surface area contributed by atoms with E-state index >= 15 is 0 Å². The number of carbonyl (C=O) groups is 1. The van der Waals surface area contributed by atoms with Crippen LogP contribution in [0, 0.1) is 0 Å². The minimum absolute atomic E-state index is 0.704. The first-order chi connectivity index (χ1) is 9.89. The van der Waals surface area contributed by atoms with Gasteiger partial charge in [-0.15, -0.1) is 0 Å². The normalized spacial score (nSPS) is 15.0. The van der Waals surface area contributed by atoms with E-state index in [9.17, 15) is 13.7 Å². The van der Waals surface area contributed by atoms with Crippen LogP contribution in [0.15, 0.2) is 0 Å². The van der Waals surface area contributed by atoms with E-state index < -0.39 is 41.9 Å². The molecule has 0 saturated carbocycles. The quantitative estimate of drug-likeness (QED) is 0.265. The van der Waals surface area contributed by atoms with Crippen LogP contribution in [0.2, 0.25) is 0 Å². The largest absolute Gasteiger partial charge is 0.480 e. The van der Waals surface area contributed by atoms with Crippen molar-refractivity contribution in [2.75, 3.05) is 47.2 Å². The predicted molar refractivity (Wildman–Crippen MR) is 83.1 cm³/mol. The Morgan fingerprint density at radius 2 is 1.13 bits per heavy atom. The lowest BCUT2D eigenvalue weighted by atomic mass is 10.8. The molecule has 0 radical (unpaired) electrons. The molecule has 144 valence electrons. The van der Waals surface area contributed by atoms with Gasteiger partial charge in [0.2, 0.25) is 0 Å². The summed E-state index contributed by atoms with van der Waals surface area (Å²) in [4.78, 5) is 33.5. The van der Waals surface area contributed by atoms with E-state index in [4.69, 9.17) is 34.8 Å². The van der Waals surface area contributed by atoms with Gasteiger partial charge in [0.25, 0.3) is 0 Å². The van der Waals surface area contributed by atoms with Crippen molar-refractivity contribution in [3.8, 4) is 0 Å². The van der Waals surface area contributed by atoms with Crippen LogP contribution in [0.1, 0.15) is 0 Å². The van der Waals surface area contributed by atoms with Gasteiger partial charge < -0.3 is 34.5 Å². The van der Waals surface area contributed by atoms with E-state index in [1.54, 1.807) is 0 Å². The molecule has 0 aliphatic carbocycles. The van der Waals surface area contributed by atoms with Gasteiger partial charge in [-0.2, -0.15) is 0 Å². The lowest BCUT2D eigenvalue weighted by Gasteiger charge is -1.99. The van der Waals surface area contributed by atoms with E-state index in [-0.39, 0.29) is 0 Å². The maximum atomic E-state index is 9.99. The number of aliphatic carboxylic acids is 1. The molecule has 0 aromatic rings. The zero-order valence-corrected chi connectivity index (χ0v) is 16.1. The van der Waals surface area contributed by atoms with Crippen molar-refractivity contribution in [2.45, 2.75) is 0 Å². The molecule has 2 atom stereocenters. The van der Waals surface area contributed by atoms with Crippen LogP contribution in [0.5, 0.6) is 0 Å². The molecule has 0 saturated heterocycles. The number of hydrogen-bond acceptors (Lipinski definition) is 8. The summed E-state index contributed by atoms with van der Waals surface area (Å²) in [5.74, 6) is -1.19. The van der Waals surface area contributed by atoms with Gasteiger partial charge >= 0.3 is 21.2 Å². The molecule has 0 rings (SSSR count). The third-order valence-corrected chi connectivity index (χ3v) is 2.04. The van der Waals surface area contributed by atoms with Gasteiger partial charge in [0.15, 0.2) is 14.2 Å². The SMILES string of the molecule is COP(C)(=O)O.CP(=O)(O)OCO.CP(C)(=O)O.O=C(O)CO. The van der Waals surface area contributed by atoms with Crippen LogP contribution < -0.4 is 0 Å². The average molecular weight is 406 g/mol. The maximum absolute atomic E-state index is 9.99. The molecule has 12 nitrogen and oxygen atoms in total. The molecule has 0 amide bonds. The maximum Gasteiger partial charge on any atom is 0.329 e. The zero-order chi connectivity index (χ0) is 19.9. The number of carboxylic acid groups (broad SMARTS) is 1. The van der Waals surface area contributed by atoms with Crippen LogP contribution in [0.3, 0.4) is 0 Å². The molecule has 0 aromatic heterocycles. The first-order valence-corrected chi connectivity index (χ1v) is 12.0. The molecule has 0 spiro atoms. The molecule has 0 heterocycles. The van der Waals surface area contributed by atoms with Crippen molar-refractivity contribution >= 4 is 28.5 Å². The Labute approximate surface area is 134 Å². The Bertz CT molecular complexity index is 410. The standard InChI is InChI=1S/C2H7O4P.C2H7O3P.C2H4O3.C2H7O2P/c1-7(4,5)6-2-3;1-5-6(2,3)4;3-1-2(4)5;1-5(2,3)4/h3H,2H2,1H3,(H,4,5);1-2H3,(H,3,4);3H,1H2,(H,4,5);1-2H3,(H,3,4). The molecule has 15 heteroatoms. The first kappa shape index (κ1) is 30.7. The Morgan fingerprint density at radius 1 is 0.913 bits per heavy atom. The zero-order valence-electron chi connectivity index (χ0n) is 13.4. The summed E-state index contributed by atoms with van der Waals surface area (Å²) in [6, 6.07) is 0. The Kier molecular flexibility index (Phi) is 20.6. The smallest absolute Gasteiger partial charge is 0.329 e. The van der Waals surface area contributed by atoms with E-state index in [1.807, 2.05) is 0 Å². The summed E-state index contributed by atoms with van der Waals surface area (Å²) in [6.07, 6.45) is 0. The minimum atomic E-state index is -3.42. The summed E-state index contributed by atoms with van der Waals surface area (Å²) < 4.78 is 37.6. The molecular formula is C8H25O12P3. The molecule has 0 fully saturated rings. The Hall–Kier alpha value is -0.120. The van der Waals surface area contributed by atoms with Crippen LogP contribution in [-0.2, 0) is 27.5 Å². The van der Waals surface area contributed by atoms with Gasteiger partial charge in [0.05, 0.1) is 0 Å². The van der Waals surface area contributed by atoms with Crippen molar-refractivity contribution in [2.24, 2.45) is 0 Å². The summed E-state index contributed by atoms with van der Waals surface area (Å²) in [6.45, 7) is 3.25. The molecular weight excluding hydrogens is 381 g/mol. The number of aliphatic hydroxyl groups is 2. The summed E-state index contributed by atoms with van der Waals surface area (Å²) in [7, 11) is -8.01. The number of rotatable bonds is 4. The number of aliphatic hydroxyl groups excluding tert-OH is 2. The first-order valence-electron chi connectivity index (χ1n) is 5.41. The highest BCUT2D eigenvalue weighted by molar-refractivity contribution is 7.56. The Balaban J connectivity index is -0.000000106. The Morgan fingerprint density at radius 3 is 1.13 bits per heavy atom. The second-order valence-electron chi connectivity index (χ2n) is 3.89. The summed E-state index contributed by atoms with van der Waals surface area (Å²) >= 11 is 0. The average Bonchev–Trinajstić information content (AvgIpc) is 2.25. The highest BCUT2D eigenvalue weighted by atomic mass is 31.2. The highest BCUT2D eigenvalue weighted by Gasteiger charge is 2.06. The van der Waals surface area contributed by atoms with E-state index in [2.05, 4.69) is 9.05 Å². The van der Waals surface area contributed by atoms with Crippen molar-refractivity contribution in [3.05, 3.63) is 0 Å². The van der Waals surface area contributed by atoms with Gasteiger partial charge in [0.1, 0.15) is 6.61 Å². The molecule has 0 bridgehead atoms. The van der Waals surface area contributed by atoms with Crippen molar-refractivity contribution in [1.82, 2.24) is 0 Å². The lowest BCUT2D eigenvalue weighted by Crippen LogP contribution is -1.98. The predicted octanol–water partition coefficient (Wildman–Crippen LogP) is -0.204. The van der Waals surface area contributed by atoms with Gasteiger partial charge in [-0.3, -0.25) is 18.2 Å². The third-order valence-electron chi connectivity index (χ3n) is 0.771. The second kappa shape index (κ2) is 15.4. The van der Waals surface area contributed by atoms with Crippen molar-refractivity contribution in [3.63, 3.8) is 0 Å². The topological polar surface area (TPSA) is 208 Å². The number of hydrogen-bond donors (Lipinski definition) is 6.